The third-order valence-corrected chi connectivity index (χ3v) is 2.68. The molecule has 1 aliphatic carbocycles. The SMILES string of the molecule is CC(C)n1cc2c(n1)[C@H](N)CCC2. The molecule has 72 valence electrons. The summed E-state index contributed by atoms with van der Waals surface area (Å²) in [6.07, 6.45) is 5.59. The highest BCUT2D eigenvalue weighted by atomic mass is 15.3. The van der Waals surface area contributed by atoms with E-state index in [0.717, 1.165) is 18.5 Å². The Hall–Kier alpha value is -0.830. The molecule has 0 saturated carbocycles. The third kappa shape index (κ3) is 1.48. The molecule has 13 heavy (non-hydrogen) atoms. The van der Waals surface area contributed by atoms with Crippen molar-refractivity contribution < 1.29 is 0 Å². The molecule has 3 nitrogen and oxygen atoms in total. The van der Waals surface area contributed by atoms with Crippen LogP contribution in [0.5, 0.6) is 0 Å². The zero-order valence-corrected chi connectivity index (χ0v) is 8.33. The Kier molecular flexibility index (Phi) is 2.12. The number of fused-ring (bicyclic) bond motifs is 1. The maximum atomic E-state index is 5.98. The van der Waals surface area contributed by atoms with Crippen LogP contribution < -0.4 is 5.73 Å². The first-order valence-corrected chi connectivity index (χ1v) is 5.02. The van der Waals surface area contributed by atoms with Crippen LogP contribution in [0.25, 0.3) is 0 Å². The van der Waals surface area contributed by atoms with Gasteiger partial charge < -0.3 is 5.73 Å². The fourth-order valence-electron chi connectivity index (χ4n) is 1.86. The first-order chi connectivity index (χ1) is 6.18. The highest BCUT2D eigenvalue weighted by Gasteiger charge is 2.20. The van der Waals surface area contributed by atoms with E-state index in [1.807, 2.05) is 4.68 Å². The van der Waals surface area contributed by atoms with Gasteiger partial charge in [-0.1, -0.05) is 0 Å². The van der Waals surface area contributed by atoms with E-state index in [1.165, 1.54) is 12.0 Å². The topological polar surface area (TPSA) is 43.8 Å². The highest BCUT2D eigenvalue weighted by Crippen LogP contribution is 2.27. The Morgan fingerprint density at radius 2 is 2.38 bits per heavy atom. The number of hydrogen-bond donors (Lipinski definition) is 1. The van der Waals surface area contributed by atoms with E-state index in [4.69, 9.17) is 5.73 Å². The van der Waals surface area contributed by atoms with Gasteiger partial charge >= 0.3 is 0 Å². The molecule has 1 aliphatic rings. The van der Waals surface area contributed by atoms with E-state index in [9.17, 15) is 0 Å². The number of aromatic nitrogens is 2. The average Bonchev–Trinajstić information content (AvgIpc) is 2.49. The fraction of sp³-hybridized carbons (Fsp3) is 0.700. The molecule has 0 aromatic carbocycles. The van der Waals surface area contributed by atoms with Gasteiger partial charge in [0.2, 0.25) is 0 Å². The molecular formula is C10H17N3. The van der Waals surface area contributed by atoms with E-state index < -0.39 is 0 Å². The summed E-state index contributed by atoms with van der Waals surface area (Å²) in [5, 5.41) is 4.52. The van der Waals surface area contributed by atoms with E-state index in [0.29, 0.717) is 6.04 Å². The second-order valence-electron chi connectivity index (χ2n) is 4.11. The molecule has 1 aromatic heterocycles. The molecule has 2 rings (SSSR count). The quantitative estimate of drug-likeness (QED) is 0.714. The lowest BCUT2D eigenvalue weighted by Crippen LogP contribution is -2.17. The number of nitrogens with two attached hydrogens (primary N) is 1. The first kappa shape index (κ1) is 8.75. The molecule has 1 heterocycles. The van der Waals surface area contributed by atoms with Crippen LogP contribution >= 0.6 is 0 Å². The third-order valence-electron chi connectivity index (χ3n) is 2.68. The molecular weight excluding hydrogens is 162 g/mol. The Labute approximate surface area is 78.9 Å². The molecule has 0 spiro atoms. The van der Waals surface area contributed by atoms with E-state index in [-0.39, 0.29) is 6.04 Å². The molecule has 0 saturated heterocycles. The van der Waals surface area contributed by atoms with Crippen molar-refractivity contribution in [3.63, 3.8) is 0 Å². The van der Waals surface area contributed by atoms with Gasteiger partial charge in [-0.2, -0.15) is 5.10 Å². The van der Waals surface area contributed by atoms with Crippen LogP contribution in [0.1, 0.15) is 50.0 Å². The molecule has 3 heteroatoms. The van der Waals surface area contributed by atoms with Gasteiger partial charge in [0.25, 0.3) is 0 Å². The predicted molar refractivity (Wildman–Crippen MR) is 52.5 cm³/mol. The Morgan fingerprint density at radius 3 is 3.00 bits per heavy atom. The highest BCUT2D eigenvalue weighted by molar-refractivity contribution is 5.23. The van der Waals surface area contributed by atoms with Crippen molar-refractivity contribution in [1.82, 2.24) is 9.78 Å². The van der Waals surface area contributed by atoms with E-state index >= 15 is 0 Å². The van der Waals surface area contributed by atoms with Crippen LogP contribution in [0, 0.1) is 0 Å². The minimum Gasteiger partial charge on any atom is -0.323 e. The van der Waals surface area contributed by atoms with Crippen LogP contribution in [0.4, 0.5) is 0 Å². The van der Waals surface area contributed by atoms with Gasteiger partial charge in [0.1, 0.15) is 0 Å². The van der Waals surface area contributed by atoms with Crippen LogP contribution in [-0.4, -0.2) is 9.78 Å². The number of nitrogens with zero attached hydrogens (tertiary/aromatic N) is 2. The monoisotopic (exact) mass is 179 g/mol. The standard InChI is InChI=1S/C10H17N3/c1-7(2)13-6-8-4-3-5-9(11)10(8)12-13/h6-7,9H,3-5,11H2,1-2H3/t9-/m1/s1. The summed E-state index contributed by atoms with van der Waals surface area (Å²) in [6, 6.07) is 0.613. The normalized spacial score (nSPS) is 22.0. The van der Waals surface area contributed by atoms with Gasteiger partial charge in [-0.15, -0.1) is 0 Å². The van der Waals surface area contributed by atoms with Crippen LogP contribution in [0.15, 0.2) is 6.20 Å². The Balaban J connectivity index is 2.36. The van der Waals surface area contributed by atoms with Gasteiger partial charge in [0.15, 0.2) is 0 Å². The minimum atomic E-state index is 0.170. The van der Waals surface area contributed by atoms with Gasteiger partial charge in [0.05, 0.1) is 5.69 Å². The summed E-state index contributed by atoms with van der Waals surface area (Å²) in [5.74, 6) is 0. The summed E-state index contributed by atoms with van der Waals surface area (Å²) >= 11 is 0. The summed E-state index contributed by atoms with van der Waals surface area (Å²) < 4.78 is 2.02. The number of aryl methyl sites for hydroxylation is 1. The molecule has 0 fully saturated rings. The van der Waals surface area contributed by atoms with Crippen molar-refractivity contribution in [2.24, 2.45) is 5.73 Å². The van der Waals surface area contributed by atoms with Gasteiger partial charge in [-0.05, 0) is 38.7 Å². The molecule has 1 aromatic rings. The smallest absolute Gasteiger partial charge is 0.0823 e. The summed E-state index contributed by atoms with van der Waals surface area (Å²) in [5.41, 5.74) is 8.46. The van der Waals surface area contributed by atoms with Gasteiger partial charge in [-0.25, -0.2) is 0 Å². The van der Waals surface area contributed by atoms with Crippen molar-refractivity contribution >= 4 is 0 Å². The predicted octanol–water partition coefficient (Wildman–Crippen LogP) is 1.80. The van der Waals surface area contributed by atoms with Crippen molar-refractivity contribution in [1.29, 1.82) is 0 Å². The molecule has 0 amide bonds. The second-order valence-corrected chi connectivity index (χ2v) is 4.11. The van der Waals surface area contributed by atoms with Gasteiger partial charge in [-0.3, -0.25) is 4.68 Å². The Morgan fingerprint density at radius 1 is 1.62 bits per heavy atom. The van der Waals surface area contributed by atoms with Crippen molar-refractivity contribution in [2.75, 3.05) is 0 Å². The molecule has 1 atom stereocenters. The lowest BCUT2D eigenvalue weighted by molar-refractivity contribution is 0.507. The lowest BCUT2D eigenvalue weighted by atomic mass is 9.95. The zero-order chi connectivity index (χ0) is 9.42. The lowest BCUT2D eigenvalue weighted by Gasteiger charge is -2.15. The Bertz CT molecular complexity index is 301. The summed E-state index contributed by atoms with van der Waals surface area (Å²) in [6.45, 7) is 4.29. The maximum Gasteiger partial charge on any atom is 0.0823 e. The first-order valence-electron chi connectivity index (χ1n) is 5.02. The number of hydrogen-bond acceptors (Lipinski definition) is 2. The van der Waals surface area contributed by atoms with Crippen molar-refractivity contribution in [3.05, 3.63) is 17.5 Å². The molecule has 0 unspecified atom stereocenters. The summed E-state index contributed by atoms with van der Waals surface area (Å²) in [7, 11) is 0. The van der Waals surface area contributed by atoms with Crippen LogP contribution in [0.3, 0.4) is 0 Å². The fourth-order valence-corrected chi connectivity index (χ4v) is 1.86. The number of rotatable bonds is 1. The molecule has 0 bridgehead atoms. The molecule has 2 N–H and O–H groups in total. The largest absolute Gasteiger partial charge is 0.323 e. The molecule has 0 aliphatic heterocycles. The zero-order valence-electron chi connectivity index (χ0n) is 8.33. The average molecular weight is 179 g/mol. The van der Waals surface area contributed by atoms with Gasteiger partial charge in [0, 0.05) is 18.3 Å². The van der Waals surface area contributed by atoms with Crippen LogP contribution in [-0.2, 0) is 6.42 Å². The van der Waals surface area contributed by atoms with E-state index in [2.05, 4.69) is 25.1 Å². The minimum absolute atomic E-state index is 0.170. The van der Waals surface area contributed by atoms with Crippen molar-refractivity contribution in [3.8, 4) is 0 Å². The van der Waals surface area contributed by atoms with Crippen molar-refractivity contribution in [2.45, 2.75) is 45.2 Å². The van der Waals surface area contributed by atoms with E-state index in [1.54, 1.807) is 0 Å². The summed E-state index contributed by atoms with van der Waals surface area (Å²) in [4.78, 5) is 0. The maximum absolute atomic E-state index is 5.98. The second kappa shape index (κ2) is 3.14. The molecule has 0 radical (unpaired) electrons. The van der Waals surface area contributed by atoms with Crippen LogP contribution in [0.2, 0.25) is 0 Å².